The fourth-order valence-electron chi connectivity index (χ4n) is 1.24. The molecule has 0 aromatic carbocycles. The monoisotopic (exact) mass is 185 g/mol. The highest BCUT2D eigenvalue weighted by molar-refractivity contribution is 6.14. The van der Waals surface area contributed by atoms with Crippen LogP contribution in [0.1, 0.15) is 0 Å². The quantitative estimate of drug-likeness (QED) is 0.452. The van der Waals surface area contributed by atoms with Crippen LogP contribution in [0, 0.1) is 0 Å². The Morgan fingerprint density at radius 2 is 1.79 bits per heavy atom. The summed E-state index contributed by atoms with van der Waals surface area (Å²) in [6.07, 6.45) is 11.1. The summed E-state index contributed by atoms with van der Waals surface area (Å²) in [6.45, 7) is 0. The van der Waals surface area contributed by atoms with Gasteiger partial charge < -0.3 is 0 Å². The molecule has 3 heteroatoms. The maximum Gasteiger partial charge on any atom is 0.258 e. The van der Waals surface area contributed by atoms with Crippen LogP contribution in [0.2, 0.25) is 0 Å². The molecule has 0 spiro atoms. The third kappa shape index (κ3) is 1.37. The third-order valence-electron chi connectivity index (χ3n) is 1.87. The largest absolute Gasteiger partial charge is 0.269 e. The molecule has 0 radical (unpaired) electrons. The minimum Gasteiger partial charge on any atom is -0.269 e. The zero-order valence-electron chi connectivity index (χ0n) is 7.31. The summed E-state index contributed by atoms with van der Waals surface area (Å²) in [5, 5.41) is 0. The molecule has 68 valence electrons. The molecule has 1 aliphatic heterocycles. The maximum atomic E-state index is 11.3. The van der Waals surface area contributed by atoms with Gasteiger partial charge in [0, 0.05) is 18.2 Å². The standard InChI is InChI=1S/C11H7NO2/c13-10-7-8-11(14)12(10)9-5-3-1-2-4-6-9/h1-3,5-8H. The molecule has 2 aliphatic rings. The van der Waals surface area contributed by atoms with Crippen molar-refractivity contribution in [2.45, 2.75) is 0 Å². The van der Waals surface area contributed by atoms with Gasteiger partial charge in [-0.3, -0.25) is 9.59 Å². The molecule has 0 aromatic rings. The molecular formula is C11H7NO2. The highest BCUT2D eigenvalue weighted by atomic mass is 16.2. The minimum atomic E-state index is -0.311. The van der Waals surface area contributed by atoms with Crippen molar-refractivity contribution in [3.63, 3.8) is 0 Å². The van der Waals surface area contributed by atoms with Gasteiger partial charge in [-0.2, -0.15) is 0 Å². The first-order valence-corrected chi connectivity index (χ1v) is 4.14. The number of nitrogens with zero attached hydrogens (tertiary/aromatic N) is 1. The zero-order valence-corrected chi connectivity index (χ0v) is 7.31. The molecular weight excluding hydrogens is 178 g/mol. The molecule has 2 amide bonds. The number of hydrogen-bond donors (Lipinski definition) is 0. The van der Waals surface area contributed by atoms with Crippen molar-refractivity contribution in [2.24, 2.45) is 0 Å². The average Bonchev–Trinajstić information content (AvgIpc) is 2.45. The molecule has 0 bridgehead atoms. The summed E-state index contributed by atoms with van der Waals surface area (Å²) in [5.74, 6) is -0.621. The highest BCUT2D eigenvalue weighted by Crippen LogP contribution is 2.14. The van der Waals surface area contributed by atoms with E-state index in [-0.39, 0.29) is 11.8 Å². The number of hydrogen-bond acceptors (Lipinski definition) is 2. The van der Waals surface area contributed by atoms with E-state index in [1.807, 2.05) is 0 Å². The fraction of sp³-hybridized carbons (Fsp3) is 0. The summed E-state index contributed by atoms with van der Waals surface area (Å²) in [7, 11) is 0. The van der Waals surface area contributed by atoms with Gasteiger partial charge in [0.2, 0.25) is 0 Å². The lowest BCUT2D eigenvalue weighted by Crippen LogP contribution is -2.28. The molecule has 0 fully saturated rings. The molecule has 0 N–H and O–H groups in total. The molecule has 0 unspecified atom stereocenters. The van der Waals surface area contributed by atoms with Crippen molar-refractivity contribution in [1.82, 2.24) is 4.90 Å². The number of imide groups is 1. The van der Waals surface area contributed by atoms with Crippen LogP contribution in [0.15, 0.2) is 54.0 Å². The van der Waals surface area contributed by atoms with E-state index in [4.69, 9.17) is 0 Å². The van der Waals surface area contributed by atoms with Gasteiger partial charge in [0.15, 0.2) is 0 Å². The first-order chi connectivity index (χ1) is 6.79. The Morgan fingerprint density at radius 1 is 1.07 bits per heavy atom. The topological polar surface area (TPSA) is 37.4 Å². The van der Waals surface area contributed by atoms with Crippen molar-refractivity contribution in [3.8, 4) is 0 Å². The minimum absolute atomic E-state index is 0.311. The summed E-state index contributed by atoms with van der Waals surface area (Å²) >= 11 is 0. The third-order valence-corrected chi connectivity index (χ3v) is 1.87. The van der Waals surface area contributed by atoms with Crippen molar-refractivity contribution >= 4 is 11.8 Å². The number of allylic oxidation sites excluding steroid dienone is 4. The first kappa shape index (κ1) is 8.48. The second kappa shape index (κ2) is 3.32. The summed E-state index contributed by atoms with van der Waals surface area (Å²) in [5.41, 5.74) is 3.37. The van der Waals surface area contributed by atoms with Crippen LogP contribution in [0.3, 0.4) is 0 Å². The lowest BCUT2D eigenvalue weighted by atomic mass is 10.3. The van der Waals surface area contributed by atoms with E-state index in [1.165, 1.54) is 12.2 Å². The second-order valence-corrected chi connectivity index (χ2v) is 2.80. The Hall–Kier alpha value is -2.12. The van der Waals surface area contributed by atoms with Gasteiger partial charge >= 0.3 is 0 Å². The normalized spacial score (nSPS) is 19.1. The SMILES string of the molecule is O=C1C=CC(=O)N1C1=CC=CC=C=C1. The smallest absolute Gasteiger partial charge is 0.258 e. The highest BCUT2D eigenvalue weighted by Gasteiger charge is 2.25. The van der Waals surface area contributed by atoms with E-state index < -0.39 is 0 Å². The Morgan fingerprint density at radius 3 is 2.50 bits per heavy atom. The zero-order chi connectivity index (χ0) is 9.97. The molecule has 0 saturated heterocycles. The van der Waals surface area contributed by atoms with Crippen LogP contribution in [0.25, 0.3) is 0 Å². The van der Waals surface area contributed by atoms with E-state index in [0.29, 0.717) is 5.70 Å². The fourth-order valence-corrected chi connectivity index (χ4v) is 1.24. The maximum absolute atomic E-state index is 11.3. The van der Waals surface area contributed by atoms with E-state index in [2.05, 4.69) is 5.73 Å². The first-order valence-electron chi connectivity index (χ1n) is 4.14. The van der Waals surface area contributed by atoms with Gasteiger partial charge in [0.25, 0.3) is 11.8 Å². The molecule has 1 heterocycles. The summed E-state index contributed by atoms with van der Waals surface area (Å²) in [4.78, 5) is 23.7. The van der Waals surface area contributed by atoms with E-state index in [9.17, 15) is 9.59 Å². The lowest BCUT2D eigenvalue weighted by Gasteiger charge is -2.13. The van der Waals surface area contributed by atoms with Gasteiger partial charge in [-0.15, -0.1) is 5.73 Å². The number of carbonyl (C=O) groups is 2. The van der Waals surface area contributed by atoms with Crippen molar-refractivity contribution in [3.05, 3.63) is 54.0 Å². The molecule has 2 rings (SSSR count). The average molecular weight is 185 g/mol. The van der Waals surface area contributed by atoms with Crippen LogP contribution in [0.5, 0.6) is 0 Å². The van der Waals surface area contributed by atoms with Crippen molar-refractivity contribution in [1.29, 1.82) is 0 Å². The number of rotatable bonds is 1. The Kier molecular flexibility index (Phi) is 2.01. The van der Waals surface area contributed by atoms with Gasteiger partial charge in [-0.05, 0) is 12.2 Å². The van der Waals surface area contributed by atoms with Gasteiger partial charge in [0.05, 0.1) is 5.70 Å². The molecule has 0 saturated carbocycles. The molecule has 0 aromatic heterocycles. The van der Waals surface area contributed by atoms with E-state index in [1.54, 1.807) is 30.4 Å². The van der Waals surface area contributed by atoms with E-state index >= 15 is 0 Å². The predicted molar refractivity (Wildman–Crippen MR) is 50.9 cm³/mol. The van der Waals surface area contributed by atoms with Gasteiger partial charge in [-0.25, -0.2) is 4.90 Å². The number of amides is 2. The molecule has 1 aliphatic carbocycles. The molecule has 3 nitrogen and oxygen atoms in total. The molecule has 14 heavy (non-hydrogen) atoms. The van der Waals surface area contributed by atoms with Crippen molar-refractivity contribution in [2.75, 3.05) is 0 Å². The number of carbonyl (C=O) groups excluding carboxylic acids is 2. The Balaban J connectivity index is 2.37. The summed E-state index contributed by atoms with van der Waals surface area (Å²) in [6, 6.07) is 0. The van der Waals surface area contributed by atoms with Crippen LogP contribution < -0.4 is 0 Å². The lowest BCUT2D eigenvalue weighted by molar-refractivity contribution is -0.134. The van der Waals surface area contributed by atoms with Crippen LogP contribution in [0.4, 0.5) is 0 Å². The Bertz CT molecular complexity index is 428. The van der Waals surface area contributed by atoms with Crippen LogP contribution in [-0.4, -0.2) is 16.7 Å². The Labute approximate surface area is 81.0 Å². The van der Waals surface area contributed by atoms with Crippen LogP contribution in [-0.2, 0) is 9.59 Å². The predicted octanol–water partition coefficient (Wildman–Crippen LogP) is 1.08. The van der Waals surface area contributed by atoms with E-state index in [0.717, 1.165) is 4.90 Å². The molecule has 0 atom stereocenters. The van der Waals surface area contributed by atoms with Gasteiger partial charge in [-0.1, -0.05) is 12.2 Å². The van der Waals surface area contributed by atoms with Crippen LogP contribution >= 0.6 is 0 Å². The second-order valence-electron chi connectivity index (χ2n) is 2.80. The summed E-state index contributed by atoms with van der Waals surface area (Å²) < 4.78 is 0. The van der Waals surface area contributed by atoms with Gasteiger partial charge in [0.1, 0.15) is 0 Å². The van der Waals surface area contributed by atoms with Crippen molar-refractivity contribution < 1.29 is 9.59 Å².